The fraction of sp³-hybridized carbons (Fsp3) is 0.444. The number of pyridine rings is 1. The van der Waals surface area contributed by atoms with Crippen molar-refractivity contribution in [2.45, 2.75) is 32.0 Å². The summed E-state index contributed by atoms with van der Waals surface area (Å²) >= 11 is 0. The van der Waals surface area contributed by atoms with E-state index in [0.717, 1.165) is 31.1 Å². The Labute approximate surface area is 150 Å². The predicted octanol–water partition coefficient (Wildman–Crippen LogP) is 1.94. The molecule has 2 aliphatic rings. The van der Waals surface area contributed by atoms with E-state index in [1.807, 2.05) is 17.9 Å². The van der Waals surface area contributed by atoms with E-state index in [1.54, 1.807) is 12.3 Å². The number of aryl methyl sites for hydroxylation is 1. The second-order valence-corrected chi connectivity index (χ2v) is 6.72. The summed E-state index contributed by atoms with van der Waals surface area (Å²) in [7, 11) is 0. The first-order chi connectivity index (χ1) is 12.6. The highest BCUT2D eigenvalue weighted by atomic mass is 19.1. The van der Waals surface area contributed by atoms with Crippen molar-refractivity contribution < 1.29 is 13.9 Å². The van der Waals surface area contributed by atoms with Crippen LogP contribution in [0.2, 0.25) is 0 Å². The Morgan fingerprint density at radius 2 is 2.15 bits per heavy atom. The average molecular weight is 357 g/mol. The first kappa shape index (κ1) is 16.8. The zero-order valence-corrected chi connectivity index (χ0v) is 14.4. The molecule has 1 N–H and O–H groups in total. The number of amides is 1. The largest absolute Gasteiger partial charge is 0.363 e. The maximum absolute atomic E-state index is 13.0. The van der Waals surface area contributed by atoms with Crippen LogP contribution in [-0.2, 0) is 9.53 Å². The zero-order valence-electron chi connectivity index (χ0n) is 14.4. The summed E-state index contributed by atoms with van der Waals surface area (Å²) in [4.78, 5) is 26.8. The summed E-state index contributed by atoms with van der Waals surface area (Å²) in [5.41, 5.74) is 1.48. The van der Waals surface area contributed by atoms with Gasteiger partial charge in [0.25, 0.3) is 5.91 Å². The third-order valence-corrected chi connectivity index (χ3v) is 5.00. The van der Waals surface area contributed by atoms with Gasteiger partial charge in [0.2, 0.25) is 5.95 Å². The number of aromatic nitrogens is 3. The number of nitrogens with one attached hydrogen (secondary N) is 1. The maximum atomic E-state index is 13.0. The third-order valence-electron chi connectivity index (χ3n) is 5.00. The molecule has 0 bridgehead atoms. The second-order valence-electron chi connectivity index (χ2n) is 6.72. The molecule has 0 aromatic carbocycles. The molecular formula is C18H20FN5O2. The van der Waals surface area contributed by atoms with Gasteiger partial charge >= 0.3 is 0 Å². The first-order valence-electron chi connectivity index (χ1n) is 8.70. The van der Waals surface area contributed by atoms with Crippen LogP contribution < -0.4 is 10.2 Å². The lowest BCUT2D eigenvalue weighted by molar-refractivity contribution is -0.126. The van der Waals surface area contributed by atoms with E-state index in [1.165, 1.54) is 0 Å². The van der Waals surface area contributed by atoms with Crippen molar-refractivity contribution in [2.75, 3.05) is 23.3 Å². The summed E-state index contributed by atoms with van der Waals surface area (Å²) in [6.45, 7) is 3.23. The lowest BCUT2D eigenvalue weighted by atomic mass is 9.92. The molecule has 2 aromatic heterocycles. The third kappa shape index (κ3) is 3.37. The summed E-state index contributed by atoms with van der Waals surface area (Å²) in [6.07, 6.45) is 5.08. The van der Waals surface area contributed by atoms with E-state index in [2.05, 4.69) is 20.3 Å². The van der Waals surface area contributed by atoms with Crippen LogP contribution in [0.4, 0.5) is 16.0 Å². The number of nitrogens with zero attached hydrogens (tertiary/aromatic N) is 4. The van der Waals surface area contributed by atoms with Crippen molar-refractivity contribution in [2.24, 2.45) is 5.92 Å². The molecule has 136 valence electrons. The molecular weight excluding hydrogens is 337 g/mol. The van der Waals surface area contributed by atoms with Crippen molar-refractivity contribution in [1.82, 2.24) is 15.0 Å². The van der Waals surface area contributed by atoms with Crippen molar-refractivity contribution in [1.29, 1.82) is 0 Å². The number of ether oxygens (including phenoxy) is 1. The molecule has 0 saturated carbocycles. The monoisotopic (exact) mass is 357 g/mol. The number of halogens is 1. The molecule has 2 fully saturated rings. The van der Waals surface area contributed by atoms with Crippen LogP contribution in [0.15, 0.2) is 30.7 Å². The van der Waals surface area contributed by atoms with Crippen molar-refractivity contribution in [3.05, 3.63) is 42.2 Å². The minimum atomic E-state index is -0.473. The second kappa shape index (κ2) is 6.95. The molecule has 26 heavy (non-hydrogen) atoms. The molecule has 2 aliphatic heterocycles. The number of piperidine rings is 1. The highest BCUT2D eigenvalue weighted by Gasteiger charge is 2.42. The Balaban J connectivity index is 1.39. The van der Waals surface area contributed by atoms with Crippen LogP contribution in [-0.4, -0.2) is 46.2 Å². The number of carbonyl (C=O) groups excluding carboxylic acids is 1. The summed E-state index contributed by atoms with van der Waals surface area (Å²) in [6, 6.07) is 3.62. The molecule has 2 saturated heterocycles. The highest BCUT2D eigenvalue weighted by Crippen LogP contribution is 2.34. The molecule has 8 heteroatoms. The first-order valence-corrected chi connectivity index (χ1v) is 8.70. The molecule has 0 radical (unpaired) electrons. The Hall–Kier alpha value is -2.61. The fourth-order valence-corrected chi connectivity index (χ4v) is 3.58. The summed E-state index contributed by atoms with van der Waals surface area (Å²) in [5, 5.41) is 2.90. The van der Waals surface area contributed by atoms with E-state index >= 15 is 0 Å². The van der Waals surface area contributed by atoms with Gasteiger partial charge in [0.1, 0.15) is 6.10 Å². The van der Waals surface area contributed by atoms with Gasteiger partial charge in [0.15, 0.2) is 5.82 Å². The van der Waals surface area contributed by atoms with Gasteiger partial charge in [-0.25, -0.2) is 14.4 Å². The SMILES string of the molecule is Cc1ncccc1NC(=O)[C@@H]1C[C@H]2CCN(c3ncc(F)cn3)C[C@H]2O1. The smallest absolute Gasteiger partial charge is 0.253 e. The molecule has 4 rings (SSSR count). The molecule has 1 amide bonds. The molecule has 0 aliphatic carbocycles. The predicted molar refractivity (Wildman–Crippen MR) is 93.2 cm³/mol. The Morgan fingerprint density at radius 3 is 2.92 bits per heavy atom. The van der Waals surface area contributed by atoms with Gasteiger partial charge in [-0.05, 0) is 37.8 Å². The quantitative estimate of drug-likeness (QED) is 0.904. The van der Waals surface area contributed by atoms with Crippen LogP contribution in [0.3, 0.4) is 0 Å². The molecule has 2 aromatic rings. The van der Waals surface area contributed by atoms with Gasteiger partial charge in [-0.15, -0.1) is 0 Å². The normalized spacial score (nSPS) is 25.0. The highest BCUT2D eigenvalue weighted by molar-refractivity contribution is 5.94. The van der Waals surface area contributed by atoms with Crippen LogP contribution >= 0.6 is 0 Å². The molecule has 0 spiro atoms. The Bertz CT molecular complexity index is 800. The number of hydrogen-bond acceptors (Lipinski definition) is 6. The maximum Gasteiger partial charge on any atom is 0.253 e. The van der Waals surface area contributed by atoms with Gasteiger partial charge in [-0.2, -0.15) is 0 Å². The topological polar surface area (TPSA) is 80.2 Å². The van der Waals surface area contributed by atoms with Crippen molar-refractivity contribution >= 4 is 17.5 Å². The summed E-state index contributed by atoms with van der Waals surface area (Å²) < 4.78 is 19.0. The minimum absolute atomic E-state index is 0.0526. The van der Waals surface area contributed by atoms with E-state index in [0.29, 0.717) is 30.5 Å². The van der Waals surface area contributed by atoms with Gasteiger partial charge in [-0.3, -0.25) is 9.78 Å². The lowest BCUT2D eigenvalue weighted by Gasteiger charge is -2.33. The number of fused-ring (bicyclic) bond motifs is 1. The minimum Gasteiger partial charge on any atom is -0.363 e. The van der Waals surface area contributed by atoms with E-state index in [9.17, 15) is 9.18 Å². The zero-order chi connectivity index (χ0) is 18.1. The van der Waals surface area contributed by atoms with E-state index in [4.69, 9.17) is 4.74 Å². The van der Waals surface area contributed by atoms with Gasteiger partial charge in [-0.1, -0.05) is 0 Å². The van der Waals surface area contributed by atoms with Crippen LogP contribution in [0, 0.1) is 18.7 Å². The van der Waals surface area contributed by atoms with Crippen LogP contribution in [0.25, 0.3) is 0 Å². The molecule has 0 unspecified atom stereocenters. The molecule has 3 atom stereocenters. The lowest BCUT2D eigenvalue weighted by Crippen LogP contribution is -2.43. The van der Waals surface area contributed by atoms with E-state index < -0.39 is 11.9 Å². The standard InChI is InChI=1S/C18H20FN5O2/c1-11-14(3-2-5-20-11)23-17(25)15-7-12-4-6-24(10-16(12)26-15)18-21-8-13(19)9-22-18/h2-3,5,8-9,12,15-16H,4,6-7,10H2,1H3,(H,23,25)/t12-,15+,16-/m1/s1. The van der Waals surface area contributed by atoms with E-state index in [-0.39, 0.29) is 12.0 Å². The van der Waals surface area contributed by atoms with Gasteiger partial charge in [0, 0.05) is 19.3 Å². The van der Waals surface area contributed by atoms with Gasteiger partial charge < -0.3 is 15.0 Å². The van der Waals surface area contributed by atoms with Crippen LogP contribution in [0.1, 0.15) is 18.5 Å². The number of hydrogen-bond donors (Lipinski definition) is 1. The van der Waals surface area contributed by atoms with Crippen molar-refractivity contribution in [3.8, 4) is 0 Å². The molecule has 7 nitrogen and oxygen atoms in total. The van der Waals surface area contributed by atoms with Crippen molar-refractivity contribution in [3.63, 3.8) is 0 Å². The molecule has 4 heterocycles. The number of rotatable bonds is 3. The fourth-order valence-electron chi connectivity index (χ4n) is 3.58. The van der Waals surface area contributed by atoms with Crippen LogP contribution in [0.5, 0.6) is 0 Å². The number of carbonyl (C=O) groups is 1. The van der Waals surface area contributed by atoms with Gasteiger partial charge in [0.05, 0.1) is 29.9 Å². The summed E-state index contributed by atoms with van der Waals surface area (Å²) in [5.74, 6) is 0.230. The Morgan fingerprint density at radius 1 is 1.35 bits per heavy atom. The number of anilines is 2. The average Bonchev–Trinajstić information content (AvgIpc) is 3.07. The Kier molecular flexibility index (Phi) is 4.50.